The molecule has 2 aromatic carbocycles. The fourth-order valence-corrected chi connectivity index (χ4v) is 7.80. The summed E-state index contributed by atoms with van der Waals surface area (Å²) in [6, 6.07) is 16.2. The van der Waals surface area contributed by atoms with Gasteiger partial charge in [0.1, 0.15) is 17.7 Å². The van der Waals surface area contributed by atoms with Crippen LogP contribution in [-0.2, 0) is 29.6 Å². The molecule has 6 aromatic rings. The van der Waals surface area contributed by atoms with E-state index >= 15 is 0 Å². The lowest BCUT2D eigenvalue weighted by atomic mass is 10.1. The fraction of sp³-hybridized carbons (Fsp3) is 0.302. The normalized spacial score (nSPS) is 16.0. The summed E-state index contributed by atoms with van der Waals surface area (Å²) in [4.78, 5) is 72.4. The average Bonchev–Trinajstić information content (AvgIpc) is 3.51. The van der Waals surface area contributed by atoms with Gasteiger partial charge in [-0.25, -0.2) is 29.1 Å². The van der Waals surface area contributed by atoms with Crippen molar-refractivity contribution < 1.29 is 23.5 Å². The van der Waals surface area contributed by atoms with E-state index in [0.29, 0.717) is 51.8 Å². The summed E-state index contributed by atoms with van der Waals surface area (Å²) in [5.74, 6) is 0.0888. The highest BCUT2D eigenvalue weighted by molar-refractivity contribution is 6.01. The number of methoxy groups -OCH3 is 1. The number of carbonyl (C=O) groups excluding carboxylic acids is 3. The van der Waals surface area contributed by atoms with Gasteiger partial charge >= 0.3 is 5.69 Å². The van der Waals surface area contributed by atoms with E-state index in [1.807, 2.05) is 36.5 Å². The summed E-state index contributed by atoms with van der Waals surface area (Å²) in [5, 5.41) is 11.5. The number of para-hydroxylation sites is 1. The second-order valence-electron chi connectivity index (χ2n) is 15.0. The Hall–Kier alpha value is -7.05. The molecule has 8 rings (SSSR count). The zero-order chi connectivity index (χ0) is 42.6. The Balaban J connectivity index is 0.863. The molecule has 2 aliphatic heterocycles. The first-order valence-electron chi connectivity index (χ1n) is 19.9. The Morgan fingerprint density at radius 3 is 2.33 bits per heavy atom. The fourth-order valence-electron chi connectivity index (χ4n) is 7.80. The Morgan fingerprint density at radius 1 is 0.852 bits per heavy atom. The van der Waals surface area contributed by atoms with Gasteiger partial charge in [0.25, 0.3) is 5.91 Å². The molecule has 6 heterocycles. The highest BCUT2D eigenvalue weighted by Gasteiger charge is 2.31. The number of nitrogens with zero attached hydrogens (tertiary/aromatic N) is 8. The van der Waals surface area contributed by atoms with Crippen LogP contribution in [0.2, 0.25) is 0 Å². The van der Waals surface area contributed by atoms with Crippen LogP contribution in [0.1, 0.15) is 40.4 Å². The summed E-state index contributed by atoms with van der Waals surface area (Å²) >= 11 is 0. The van der Waals surface area contributed by atoms with Crippen LogP contribution in [0.25, 0.3) is 22.4 Å². The molecule has 3 amide bonds. The standard InChI is InChI=1S/C43H45FN12O5/c1-45-41(58)30-24-47-37(20-32(30)50-31-6-4-5-29(39(31)61-3)40-48-22-28(44)23-49-40)51-36-11-8-27(21-46-36)25-55-17-15-54(16-18-55)14-13-26-7-9-33-35(19-26)53(2)43(60)56(33)34-10-12-38(57)52-42(34)59/h4-9,11,19-24,34H,10,12-18,25H2,1-3H3,(H,45,58)(H,52,57,59)(H2,46,47,50,51). The maximum Gasteiger partial charge on any atom is 0.329 e. The molecule has 18 heteroatoms. The van der Waals surface area contributed by atoms with Crippen LogP contribution in [0.4, 0.5) is 27.4 Å². The van der Waals surface area contributed by atoms with E-state index in [0.717, 1.165) is 74.7 Å². The predicted octanol–water partition coefficient (Wildman–Crippen LogP) is 3.92. The minimum atomic E-state index is -0.702. The van der Waals surface area contributed by atoms with Gasteiger partial charge in [-0.2, -0.15) is 0 Å². The van der Waals surface area contributed by atoms with Crippen LogP contribution in [0.15, 0.2) is 84.2 Å². The highest BCUT2D eigenvalue weighted by atomic mass is 19.1. The third kappa shape index (κ3) is 8.80. The number of aryl methyl sites for hydroxylation is 1. The van der Waals surface area contributed by atoms with Gasteiger partial charge in [-0.15, -0.1) is 0 Å². The summed E-state index contributed by atoms with van der Waals surface area (Å²) in [6.45, 7) is 5.29. The van der Waals surface area contributed by atoms with E-state index in [4.69, 9.17) is 4.74 Å². The van der Waals surface area contributed by atoms with Crippen molar-refractivity contribution in [1.29, 1.82) is 0 Å². The minimum absolute atomic E-state index is 0.205. The van der Waals surface area contributed by atoms with Crippen LogP contribution in [-0.4, -0.2) is 103 Å². The van der Waals surface area contributed by atoms with Gasteiger partial charge in [0.15, 0.2) is 17.4 Å². The van der Waals surface area contributed by atoms with Crippen LogP contribution in [0, 0.1) is 5.82 Å². The van der Waals surface area contributed by atoms with E-state index in [9.17, 15) is 23.6 Å². The summed E-state index contributed by atoms with van der Waals surface area (Å²) < 4.78 is 22.3. The number of benzene rings is 2. The Morgan fingerprint density at radius 2 is 1.61 bits per heavy atom. The summed E-state index contributed by atoms with van der Waals surface area (Å²) in [5.41, 5.74) is 5.20. The second-order valence-corrected chi connectivity index (χ2v) is 15.0. The number of ether oxygens (including phenoxy) is 1. The average molecular weight is 829 g/mol. The molecule has 2 fully saturated rings. The largest absolute Gasteiger partial charge is 0.494 e. The van der Waals surface area contributed by atoms with E-state index < -0.39 is 17.8 Å². The molecular formula is C43H45FN12O5. The molecule has 0 aliphatic carbocycles. The first kappa shape index (κ1) is 40.7. The van der Waals surface area contributed by atoms with E-state index in [1.54, 1.807) is 42.9 Å². The SMILES string of the molecule is CNC(=O)c1cnc(Nc2ccc(CN3CCN(CCc4ccc5c(c4)n(C)c(=O)n5C4CCC(=O)NC4=O)CC3)cn2)cc1Nc1cccc(-c2ncc(F)cn2)c1OC. The van der Waals surface area contributed by atoms with Crippen LogP contribution < -0.4 is 31.7 Å². The number of fused-ring (bicyclic) bond motifs is 1. The Bertz CT molecular complexity index is 2660. The molecule has 0 spiro atoms. The van der Waals surface area contributed by atoms with Crippen molar-refractivity contribution in [2.75, 3.05) is 57.5 Å². The minimum Gasteiger partial charge on any atom is -0.494 e. The molecule has 61 heavy (non-hydrogen) atoms. The van der Waals surface area contributed by atoms with Crippen molar-refractivity contribution >= 4 is 51.8 Å². The molecule has 2 saturated heterocycles. The smallest absolute Gasteiger partial charge is 0.329 e. The molecule has 0 saturated carbocycles. The van der Waals surface area contributed by atoms with Crippen molar-refractivity contribution in [3.8, 4) is 17.1 Å². The van der Waals surface area contributed by atoms with Crippen LogP contribution >= 0.6 is 0 Å². The van der Waals surface area contributed by atoms with Gasteiger partial charge < -0.3 is 25.6 Å². The van der Waals surface area contributed by atoms with Crippen molar-refractivity contribution in [3.63, 3.8) is 0 Å². The monoisotopic (exact) mass is 828 g/mol. The number of nitrogens with one attached hydrogen (secondary N) is 4. The molecular weight excluding hydrogens is 784 g/mol. The molecule has 1 atom stereocenters. The van der Waals surface area contributed by atoms with Gasteiger partial charge in [0.05, 0.1) is 53.0 Å². The lowest BCUT2D eigenvalue weighted by Gasteiger charge is -2.34. The number of amides is 3. The Kier molecular flexibility index (Phi) is 11.8. The first-order chi connectivity index (χ1) is 29.6. The maximum atomic E-state index is 13.5. The maximum absolute atomic E-state index is 13.5. The molecule has 314 valence electrons. The Labute approximate surface area is 350 Å². The zero-order valence-electron chi connectivity index (χ0n) is 33.9. The van der Waals surface area contributed by atoms with Gasteiger partial charge in [-0.1, -0.05) is 18.2 Å². The molecule has 17 nitrogen and oxygen atoms in total. The third-order valence-electron chi connectivity index (χ3n) is 11.1. The summed E-state index contributed by atoms with van der Waals surface area (Å²) in [6.07, 6.45) is 6.82. The van der Waals surface area contributed by atoms with E-state index in [2.05, 4.69) is 51.0 Å². The highest BCUT2D eigenvalue weighted by Crippen LogP contribution is 2.37. The first-order valence-corrected chi connectivity index (χ1v) is 19.9. The molecule has 4 aromatic heterocycles. The number of rotatable bonds is 13. The predicted molar refractivity (Wildman–Crippen MR) is 226 cm³/mol. The number of imidazole rings is 1. The molecule has 0 bridgehead atoms. The second kappa shape index (κ2) is 17.7. The molecule has 4 N–H and O–H groups in total. The number of halogens is 1. The number of pyridine rings is 2. The number of carbonyl (C=O) groups is 3. The van der Waals surface area contributed by atoms with Crippen molar-refractivity contribution in [1.82, 2.24) is 49.5 Å². The molecule has 1 unspecified atom stereocenters. The van der Waals surface area contributed by atoms with Crippen LogP contribution in [0.5, 0.6) is 5.75 Å². The number of hydrogen-bond donors (Lipinski definition) is 4. The number of piperidine rings is 1. The number of aromatic nitrogens is 6. The van der Waals surface area contributed by atoms with Gasteiger partial charge in [0.2, 0.25) is 11.8 Å². The quantitative estimate of drug-likeness (QED) is 0.123. The van der Waals surface area contributed by atoms with E-state index in [-0.39, 0.29) is 29.7 Å². The molecule has 2 aliphatic rings. The zero-order valence-corrected chi connectivity index (χ0v) is 33.9. The van der Waals surface area contributed by atoms with Gasteiger partial charge in [-0.05, 0) is 54.3 Å². The topological polar surface area (TPSA) is 194 Å². The van der Waals surface area contributed by atoms with Gasteiger partial charge in [0, 0.05) is 78.2 Å². The summed E-state index contributed by atoms with van der Waals surface area (Å²) in [7, 11) is 4.76. The number of hydrogen-bond acceptors (Lipinski definition) is 13. The lowest BCUT2D eigenvalue weighted by molar-refractivity contribution is -0.135. The van der Waals surface area contributed by atoms with Gasteiger partial charge in [-0.3, -0.25) is 33.7 Å². The number of anilines is 4. The van der Waals surface area contributed by atoms with Crippen molar-refractivity contribution in [2.45, 2.75) is 31.8 Å². The number of imide groups is 1. The number of piperazine rings is 1. The third-order valence-corrected chi connectivity index (χ3v) is 11.1. The lowest BCUT2D eigenvalue weighted by Crippen LogP contribution is -2.46. The van der Waals surface area contributed by atoms with Crippen LogP contribution in [0.3, 0.4) is 0 Å². The van der Waals surface area contributed by atoms with Crippen molar-refractivity contribution in [3.05, 3.63) is 112 Å². The van der Waals surface area contributed by atoms with E-state index in [1.165, 1.54) is 17.9 Å². The van der Waals surface area contributed by atoms with Crippen molar-refractivity contribution in [2.24, 2.45) is 7.05 Å². The molecule has 0 radical (unpaired) electrons.